The number of rotatable bonds is 2. The van der Waals surface area contributed by atoms with Gasteiger partial charge in [0, 0.05) is 43.3 Å². The lowest BCUT2D eigenvalue weighted by Crippen LogP contribution is -2.53. The predicted octanol–water partition coefficient (Wildman–Crippen LogP) is 2.58. The summed E-state index contributed by atoms with van der Waals surface area (Å²) in [5, 5.41) is 0. The monoisotopic (exact) mass is 297 g/mol. The zero-order chi connectivity index (χ0) is 14.8. The number of hydrogen-bond acceptors (Lipinski definition) is 5. The number of carbonyl (C=O) groups excluding carboxylic acids is 1. The lowest BCUT2D eigenvalue weighted by molar-refractivity contribution is 0.00474. The summed E-state index contributed by atoms with van der Waals surface area (Å²) in [4.78, 5) is 21.6. The SMILES string of the molecule is CC1CN(C(=O)OC(C)(C)C)CCN1Cc1cncs1. The van der Waals surface area contributed by atoms with Gasteiger partial charge in [0.1, 0.15) is 5.60 Å². The van der Waals surface area contributed by atoms with E-state index in [1.807, 2.05) is 32.5 Å². The highest BCUT2D eigenvalue weighted by Gasteiger charge is 2.29. The topological polar surface area (TPSA) is 45.7 Å². The molecule has 20 heavy (non-hydrogen) atoms. The van der Waals surface area contributed by atoms with Gasteiger partial charge in [-0.3, -0.25) is 9.88 Å². The first kappa shape index (κ1) is 15.3. The van der Waals surface area contributed by atoms with E-state index >= 15 is 0 Å². The molecule has 0 spiro atoms. The summed E-state index contributed by atoms with van der Waals surface area (Å²) in [6.45, 7) is 11.1. The van der Waals surface area contributed by atoms with E-state index in [1.165, 1.54) is 4.88 Å². The van der Waals surface area contributed by atoms with Crippen molar-refractivity contribution in [3.63, 3.8) is 0 Å². The van der Waals surface area contributed by atoms with Gasteiger partial charge in [0.25, 0.3) is 0 Å². The third-order valence-electron chi connectivity index (χ3n) is 3.26. The second-order valence-electron chi connectivity index (χ2n) is 6.21. The summed E-state index contributed by atoms with van der Waals surface area (Å²) < 4.78 is 5.43. The second kappa shape index (κ2) is 6.10. The maximum Gasteiger partial charge on any atom is 0.410 e. The van der Waals surface area contributed by atoms with Gasteiger partial charge >= 0.3 is 6.09 Å². The number of piperazine rings is 1. The van der Waals surface area contributed by atoms with Gasteiger partial charge in [-0.05, 0) is 27.7 Å². The first-order valence-electron chi connectivity index (χ1n) is 6.94. The molecule has 0 radical (unpaired) electrons. The van der Waals surface area contributed by atoms with E-state index in [0.29, 0.717) is 12.6 Å². The molecule has 1 aromatic heterocycles. The Hall–Kier alpha value is -1.14. The van der Waals surface area contributed by atoms with Crippen molar-refractivity contribution in [2.75, 3.05) is 19.6 Å². The highest BCUT2D eigenvalue weighted by Crippen LogP contribution is 2.18. The van der Waals surface area contributed by atoms with Gasteiger partial charge in [0.05, 0.1) is 5.51 Å². The summed E-state index contributed by atoms with van der Waals surface area (Å²) in [7, 11) is 0. The van der Waals surface area contributed by atoms with Gasteiger partial charge < -0.3 is 9.64 Å². The van der Waals surface area contributed by atoms with Crippen molar-refractivity contribution in [1.29, 1.82) is 0 Å². The van der Waals surface area contributed by atoms with Gasteiger partial charge in [-0.15, -0.1) is 11.3 Å². The Balaban J connectivity index is 1.87. The van der Waals surface area contributed by atoms with Crippen molar-refractivity contribution in [2.45, 2.75) is 45.9 Å². The van der Waals surface area contributed by atoms with Crippen LogP contribution in [-0.4, -0.2) is 52.2 Å². The molecule has 1 saturated heterocycles. The van der Waals surface area contributed by atoms with Crippen molar-refractivity contribution >= 4 is 17.4 Å². The summed E-state index contributed by atoms with van der Waals surface area (Å²) in [6.07, 6.45) is 1.71. The molecular formula is C14H23N3O2S. The Morgan fingerprint density at radius 2 is 2.25 bits per heavy atom. The van der Waals surface area contributed by atoms with Crippen LogP contribution in [0.2, 0.25) is 0 Å². The Labute approximate surface area is 124 Å². The lowest BCUT2D eigenvalue weighted by Gasteiger charge is -2.39. The molecule has 0 aliphatic carbocycles. The molecule has 0 bridgehead atoms. The van der Waals surface area contributed by atoms with Crippen LogP contribution in [0.1, 0.15) is 32.6 Å². The summed E-state index contributed by atoms with van der Waals surface area (Å²) in [5.74, 6) is 0. The smallest absolute Gasteiger partial charge is 0.410 e. The molecule has 5 nitrogen and oxygen atoms in total. The summed E-state index contributed by atoms with van der Waals surface area (Å²) in [5.41, 5.74) is 1.43. The number of hydrogen-bond donors (Lipinski definition) is 0. The summed E-state index contributed by atoms with van der Waals surface area (Å²) in [6, 6.07) is 0.332. The highest BCUT2D eigenvalue weighted by atomic mass is 32.1. The lowest BCUT2D eigenvalue weighted by atomic mass is 10.2. The zero-order valence-electron chi connectivity index (χ0n) is 12.6. The largest absolute Gasteiger partial charge is 0.444 e. The first-order valence-corrected chi connectivity index (χ1v) is 7.82. The molecule has 1 atom stereocenters. The van der Waals surface area contributed by atoms with Gasteiger partial charge in [-0.1, -0.05) is 0 Å². The molecule has 2 rings (SSSR count). The fourth-order valence-electron chi connectivity index (χ4n) is 2.24. The van der Waals surface area contributed by atoms with E-state index in [9.17, 15) is 4.79 Å². The predicted molar refractivity (Wildman–Crippen MR) is 79.8 cm³/mol. The van der Waals surface area contributed by atoms with Gasteiger partial charge in [-0.2, -0.15) is 0 Å². The van der Waals surface area contributed by atoms with Crippen LogP contribution in [0.5, 0.6) is 0 Å². The Morgan fingerprint density at radius 1 is 1.50 bits per heavy atom. The average molecular weight is 297 g/mol. The fourth-order valence-corrected chi connectivity index (χ4v) is 2.86. The minimum Gasteiger partial charge on any atom is -0.444 e. The first-order chi connectivity index (χ1) is 9.35. The average Bonchev–Trinajstić information content (AvgIpc) is 2.82. The van der Waals surface area contributed by atoms with Crippen LogP contribution in [0.4, 0.5) is 4.79 Å². The van der Waals surface area contributed by atoms with E-state index in [4.69, 9.17) is 4.74 Å². The van der Waals surface area contributed by atoms with Crippen LogP contribution in [0, 0.1) is 0 Å². The maximum atomic E-state index is 12.1. The second-order valence-corrected chi connectivity index (χ2v) is 7.18. The van der Waals surface area contributed by atoms with Crippen molar-refractivity contribution in [3.05, 3.63) is 16.6 Å². The molecule has 1 aliphatic heterocycles. The third-order valence-corrected chi connectivity index (χ3v) is 4.02. The van der Waals surface area contributed by atoms with Crippen molar-refractivity contribution < 1.29 is 9.53 Å². The summed E-state index contributed by atoms with van der Waals surface area (Å²) >= 11 is 1.68. The van der Waals surface area contributed by atoms with E-state index < -0.39 is 5.60 Å². The minimum atomic E-state index is -0.430. The zero-order valence-corrected chi connectivity index (χ0v) is 13.4. The van der Waals surface area contributed by atoms with Crippen LogP contribution in [-0.2, 0) is 11.3 Å². The van der Waals surface area contributed by atoms with E-state index in [1.54, 1.807) is 16.2 Å². The molecule has 112 valence electrons. The van der Waals surface area contributed by atoms with Crippen molar-refractivity contribution in [3.8, 4) is 0 Å². The Kier molecular flexibility index (Phi) is 4.65. The molecule has 1 aliphatic rings. The van der Waals surface area contributed by atoms with Crippen molar-refractivity contribution in [2.24, 2.45) is 0 Å². The van der Waals surface area contributed by atoms with Gasteiger partial charge in [0.2, 0.25) is 0 Å². The molecule has 1 fully saturated rings. The van der Waals surface area contributed by atoms with Crippen LogP contribution < -0.4 is 0 Å². The molecule has 0 N–H and O–H groups in total. The number of aromatic nitrogens is 1. The normalized spacial score (nSPS) is 21.0. The minimum absolute atomic E-state index is 0.207. The Bertz CT molecular complexity index is 442. The van der Waals surface area contributed by atoms with Crippen LogP contribution in [0.25, 0.3) is 0 Å². The molecular weight excluding hydrogens is 274 g/mol. The standard InChI is InChI=1S/C14H23N3O2S/c1-11-8-17(13(18)19-14(2,3)4)6-5-16(11)9-12-7-15-10-20-12/h7,10-11H,5-6,8-9H2,1-4H3. The number of ether oxygens (including phenoxy) is 1. The maximum absolute atomic E-state index is 12.1. The molecule has 2 heterocycles. The van der Waals surface area contributed by atoms with Crippen LogP contribution >= 0.6 is 11.3 Å². The quantitative estimate of drug-likeness (QED) is 0.841. The van der Waals surface area contributed by atoms with Crippen molar-refractivity contribution in [1.82, 2.24) is 14.8 Å². The molecule has 0 saturated carbocycles. The number of thiazole rings is 1. The molecule has 1 unspecified atom stereocenters. The van der Waals surface area contributed by atoms with E-state index in [0.717, 1.165) is 19.6 Å². The third kappa shape index (κ3) is 4.18. The van der Waals surface area contributed by atoms with Gasteiger partial charge in [0.15, 0.2) is 0 Å². The number of amides is 1. The highest BCUT2D eigenvalue weighted by molar-refractivity contribution is 7.09. The fraction of sp³-hybridized carbons (Fsp3) is 0.714. The van der Waals surface area contributed by atoms with E-state index in [2.05, 4.69) is 16.8 Å². The van der Waals surface area contributed by atoms with Crippen LogP contribution in [0.3, 0.4) is 0 Å². The number of nitrogens with zero attached hydrogens (tertiary/aromatic N) is 3. The molecule has 6 heteroatoms. The van der Waals surface area contributed by atoms with E-state index in [-0.39, 0.29) is 6.09 Å². The van der Waals surface area contributed by atoms with Crippen LogP contribution in [0.15, 0.2) is 11.7 Å². The molecule has 1 aromatic rings. The number of carbonyl (C=O) groups is 1. The Morgan fingerprint density at radius 3 is 2.80 bits per heavy atom. The van der Waals surface area contributed by atoms with Gasteiger partial charge in [-0.25, -0.2) is 4.79 Å². The molecule has 0 aromatic carbocycles. The molecule has 1 amide bonds.